The normalized spacial score (nSPS) is 12.9. The lowest BCUT2D eigenvalue weighted by atomic mass is 10.1. The molecule has 6 nitrogen and oxygen atoms in total. The van der Waals surface area contributed by atoms with Gasteiger partial charge in [0.1, 0.15) is 0 Å². The SMILES string of the molecule is CC(CN=Cc1cccc(O)c1O)CN=Cc1cccc(O)c1O. The molecule has 0 saturated carbocycles. The van der Waals surface area contributed by atoms with Crippen LogP contribution in [-0.2, 0) is 0 Å². The topological polar surface area (TPSA) is 106 Å². The largest absolute Gasteiger partial charge is 0.504 e. The number of aromatic hydroxyl groups is 4. The first-order chi connectivity index (χ1) is 11.5. The minimum absolute atomic E-state index is 0.149. The van der Waals surface area contributed by atoms with Crippen LogP contribution in [0.15, 0.2) is 46.4 Å². The van der Waals surface area contributed by atoms with Crippen LogP contribution >= 0.6 is 0 Å². The molecule has 4 N–H and O–H groups in total. The van der Waals surface area contributed by atoms with Gasteiger partial charge in [-0.25, -0.2) is 0 Å². The van der Waals surface area contributed by atoms with E-state index in [2.05, 4.69) is 9.98 Å². The molecule has 0 unspecified atom stereocenters. The van der Waals surface area contributed by atoms with Crippen LogP contribution in [0.3, 0.4) is 0 Å². The highest BCUT2D eigenvalue weighted by atomic mass is 16.3. The van der Waals surface area contributed by atoms with Gasteiger partial charge in [0.25, 0.3) is 0 Å². The van der Waals surface area contributed by atoms with Crippen LogP contribution in [0.1, 0.15) is 18.1 Å². The summed E-state index contributed by atoms with van der Waals surface area (Å²) in [4.78, 5) is 8.48. The van der Waals surface area contributed by atoms with Crippen LogP contribution in [-0.4, -0.2) is 45.9 Å². The summed E-state index contributed by atoms with van der Waals surface area (Å²) in [6.45, 7) is 2.97. The number of benzene rings is 2. The molecule has 0 radical (unpaired) electrons. The van der Waals surface area contributed by atoms with Crippen molar-refractivity contribution in [3.8, 4) is 23.0 Å². The molecule has 0 fully saturated rings. The summed E-state index contributed by atoms with van der Waals surface area (Å²) >= 11 is 0. The first-order valence-electron chi connectivity index (χ1n) is 7.50. The summed E-state index contributed by atoms with van der Waals surface area (Å²) in [5, 5.41) is 38.2. The Bertz CT molecular complexity index is 693. The molecule has 0 spiro atoms. The molecule has 0 aliphatic carbocycles. The molecular formula is C18H20N2O4. The summed E-state index contributed by atoms with van der Waals surface area (Å²) in [6, 6.07) is 9.39. The lowest BCUT2D eigenvalue weighted by molar-refractivity contribution is 0.403. The van der Waals surface area contributed by atoms with Crippen molar-refractivity contribution in [2.75, 3.05) is 13.1 Å². The van der Waals surface area contributed by atoms with Crippen LogP contribution in [0.4, 0.5) is 0 Å². The molecule has 24 heavy (non-hydrogen) atoms. The van der Waals surface area contributed by atoms with Gasteiger partial charge in [-0.3, -0.25) is 9.98 Å². The zero-order chi connectivity index (χ0) is 17.5. The summed E-state index contributed by atoms with van der Waals surface area (Å²) in [6.07, 6.45) is 3.02. The van der Waals surface area contributed by atoms with Crippen LogP contribution < -0.4 is 0 Å². The fourth-order valence-corrected chi connectivity index (χ4v) is 2.03. The number of phenolic OH excluding ortho intramolecular Hbond substituents is 4. The summed E-state index contributed by atoms with van der Waals surface area (Å²) in [5.41, 5.74) is 0.908. The second kappa shape index (κ2) is 8.01. The fourth-order valence-electron chi connectivity index (χ4n) is 2.03. The quantitative estimate of drug-likeness (QED) is 0.483. The van der Waals surface area contributed by atoms with Crippen LogP contribution in [0, 0.1) is 5.92 Å². The number of hydrogen-bond acceptors (Lipinski definition) is 6. The highest BCUT2D eigenvalue weighted by Crippen LogP contribution is 2.27. The van der Waals surface area contributed by atoms with E-state index in [-0.39, 0.29) is 28.9 Å². The predicted molar refractivity (Wildman–Crippen MR) is 93.6 cm³/mol. The number of para-hydroxylation sites is 2. The summed E-state index contributed by atoms with van der Waals surface area (Å²) in [7, 11) is 0. The minimum atomic E-state index is -0.189. The number of hydrogen-bond donors (Lipinski definition) is 4. The van der Waals surface area contributed by atoms with E-state index in [4.69, 9.17) is 0 Å². The molecule has 2 rings (SSSR count). The molecule has 0 heterocycles. The molecule has 0 aliphatic rings. The first-order valence-corrected chi connectivity index (χ1v) is 7.50. The Hall–Kier alpha value is -3.02. The Morgan fingerprint density at radius 1 is 0.792 bits per heavy atom. The molecule has 2 aromatic carbocycles. The fraction of sp³-hybridized carbons (Fsp3) is 0.222. The van der Waals surface area contributed by atoms with E-state index in [1.54, 1.807) is 24.3 Å². The smallest absolute Gasteiger partial charge is 0.166 e. The standard InChI is InChI=1S/C18H20N2O4/c1-12(8-19-10-13-4-2-6-15(21)17(13)23)9-20-11-14-5-3-7-16(22)18(14)24/h2-7,10-12,21-24H,8-9H2,1H3. The molecule has 0 atom stereocenters. The van der Waals surface area contributed by atoms with Crippen molar-refractivity contribution in [2.45, 2.75) is 6.92 Å². The van der Waals surface area contributed by atoms with E-state index in [9.17, 15) is 20.4 Å². The van der Waals surface area contributed by atoms with Gasteiger partial charge in [0.15, 0.2) is 23.0 Å². The van der Waals surface area contributed by atoms with E-state index < -0.39 is 0 Å². The summed E-state index contributed by atoms with van der Waals surface area (Å²) in [5.74, 6) is -0.584. The van der Waals surface area contributed by atoms with E-state index >= 15 is 0 Å². The van der Waals surface area contributed by atoms with Gasteiger partial charge in [0.2, 0.25) is 0 Å². The zero-order valence-electron chi connectivity index (χ0n) is 13.3. The van der Waals surface area contributed by atoms with Crippen molar-refractivity contribution < 1.29 is 20.4 Å². The lowest BCUT2D eigenvalue weighted by Crippen LogP contribution is -2.04. The Balaban J connectivity index is 1.88. The molecule has 2 aromatic rings. The summed E-state index contributed by atoms with van der Waals surface area (Å²) < 4.78 is 0. The highest BCUT2D eigenvalue weighted by Gasteiger charge is 2.05. The molecular weight excluding hydrogens is 308 g/mol. The number of aliphatic imine (C=N–C) groups is 2. The predicted octanol–water partition coefficient (Wildman–Crippen LogP) is 2.68. The van der Waals surface area contributed by atoms with Crippen molar-refractivity contribution >= 4 is 12.4 Å². The van der Waals surface area contributed by atoms with Gasteiger partial charge in [0.05, 0.1) is 0 Å². The maximum atomic E-state index is 9.67. The van der Waals surface area contributed by atoms with Crippen LogP contribution in [0.2, 0.25) is 0 Å². The third-order valence-electron chi connectivity index (χ3n) is 3.39. The number of rotatable bonds is 6. The van der Waals surface area contributed by atoms with E-state index in [1.807, 2.05) is 6.92 Å². The highest BCUT2D eigenvalue weighted by molar-refractivity contribution is 5.85. The van der Waals surface area contributed by atoms with Crippen molar-refractivity contribution in [1.29, 1.82) is 0 Å². The Morgan fingerprint density at radius 3 is 1.62 bits per heavy atom. The van der Waals surface area contributed by atoms with Crippen molar-refractivity contribution in [1.82, 2.24) is 0 Å². The van der Waals surface area contributed by atoms with Gasteiger partial charge in [-0.1, -0.05) is 19.1 Å². The van der Waals surface area contributed by atoms with Crippen LogP contribution in [0.5, 0.6) is 23.0 Å². The third kappa shape index (κ3) is 4.49. The van der Waals surface area contributed by atoms with E-state index in [0.29, 0.717) is 24.2 Å². The van der Waals surface area contributed by atoms with Gasteiger partial charge in [-0.15, -0.1) is 0 Å². The van der Waals surface area contributed by atoms with Crippen molar-refractivity contribution in [3.63, 3.8) is 0 Å². The minimum Gasteiger partial charge on any atom is -0.504 e. The number of phenols is 4. The van der Waals surface area contributed by atoms with Gasteiger partial charge in [-0.2, -0.15) is 0 Å². The van der Waals surface area contributed by atoms with E-state index in [1.165, 1.54) is 24.6 Å². The van der Waals surface area contributed by atoms with Gasteiger partial charge < -0.3 is 20.4 Å². The average Bonchev–Trinajstić information content (AvgIpc) is 2.55. The van der Waals surface area contributed by atoms with Crippen LogP contribution in [0.25, 0.3) is 0 Å². The Kier molecular flexibility index (Phi) is 5.78. The maximum absolute atomic E-state index is 9.67. The average molecular weight is 328 g/mol. The van der Waals surface area contributed by atoms with Gasteiger partial charge >= 0.3 is 0 Å². The Morgan fingerprint density at radius 2 is 1.21 bits per heavy atom. The zero-order valence-corrected chi connectivity index (χ0v) is 13.3. The monoisotopic (exact) mass is 328 g/mol. The van der Waals surface area contributed by atoms with E-state index in [0.717, 1.165) is 0 Å². The van der Waals surface area contributed by atoms with Gasteiger partial charge in [-0.05, 0) is 30.2 Å². The van der Waals surface area contributed by atoms with Crippen molar-refractivity contribution in [3.05, 3.63) is 47.5 Å². The molecule has 6 heteroatoms. The molecule has 126 valence electrons. The maximum Gasteiger partial charge on any atom is 0.166 e. The molecule has 0 amide bonds. The lowest BCUT2D eigenvalue weighted by Gasteiger charge is -2.05. The molecule has 0 aromatic heterocycles. The first kappa shape index (κ1) is 17.3. The Labute approximate surface area is 140 Å². The van der Waals surface area contributed by atoms with Crippen molar-refractivity contribution in [2.24, 2.45) is 15.9 Å². The number of nitrogens with zero attached hydrogens (tertiary/aromatic N) is 2. The second-order valence-electron chi connectivity index (χ2n) is 5.52. The third-order valence-corrected chi connectivity index (χ3v) is 3.39. The second-order valence-corrected chi connectivity index (χ2v) is 5.52. The molecule has 0 saturated heterocycles. The molecule has 0 aliphatic heterocycles. The molecule has 0 bridgehead atoms. The van der Waals surface area contributed by atoms with Gasteiger partial charge in [0, 0.05) is 36.6 Å².